The van der Waals surface area contributed by atoms with E-state index in [2.05, 4.69) is 15.9 Å². The van der Waals surface area contributed by atoms with Gasteiger partial charge in [-0.2, -0.15) is 0 Å². The van der Waals surface area contributed by atoms with E-state index in [1.807, 2.05) is 26.0 Å². The Morgan fingerprint density at radius 1 is 1.31 bits per heavy atom. The molecule has 0 aliphatic rings. The first-order valence-corrected chi connectivity index (χ1v) is 7.20. The molecule has 6 heteroatoms. The van der Waals surface area contributed by atoms with Gasteiger partial charge in [0.2, 0.25) is 10.0 Å². The smallest absolute Gasteiger partial charge is 0.212 e. The van der Waals surface area contributed by atoms with Crippen molar-refractivity contribution in [3.8, 4) is 5.75 Å². The van der Waals surface area contributed by atoms with Gasteiger partial charge in [0, 0.05) is 4.47 Å². The lowest BCUT2D eigenvalue weighted by atomic mass is 10.1. The van der Waals surface area contributed by atoms with Gasteiger partial charge >= 0.3 is 0 Å². The summed E-state index contributed by atoms with van der Waals surface area (Å²) in [6.07, 6.45) is 0. The predicted molar refractivity (Wildman–Crippen MR) is 67.1 cm³/mol. The van der Waals surface area contributed by atoms with Crippen LogP contribution < -0.4 is 9.88 Å². The lowest BCUT2D eigenvalue weighted by Gasteiger charge is -2.09. The third kappa shape index (κ3) is 4.11. The Kier molecular flexibility index (Phi) is 4.35. The number of rotatable bonds is 4. The highest BCUT2D eigenvalue weighted by Gasteiger charge is 2.05. The summed E-state index contributed by atoms with van der Waals surface area (Å²) in [4.78, 5) is 0. The van der Waals surface area contributed by atoms with Crippen molar-refractivity contribution >= 4 is 26.0 Å². The highest BCUT2D eigenvalue weighted by atomic mass is 79.9. The fraction of sp³-hybridized carbons (Fsp3) is 0.400. The molecule has 1 aromatic rings. The molecule has 0 saturated carbocycles. The van der Waals surface area contributed by atoms with Crippen LogP contribution in [0.3, 0.4) is 0 Å². The van der Waals surface area contributed by atoms with Gasteiger partial charge in [-0.05, 0) is 37.1 Å². The van der Waals surface area contributed by atoms with E-state index in [9.17, 15) is 8.42 Å². The molecule has 0 saturated heterocycles. The molecule has 0 bridgehead atoms. The van der Waals surface area contributed by atoms with E-state index < -0.39 is 10.0 Å². The average Bonchev–Trinajstić information content (AvgIpc) is 2.12. The second-order valence-electron chi connectivity index (χ2n) is 3.59. The van der Waals surface area contributed by atoms with E-state index in [1.165, 1.54) is 0 Å². The van der Waals surface area contributed by atoms with E-state index in [0.717, 1.165) is 15.6 Å². The van der Waals surface area contributed by atoms with E-state index >= 15 is 0 Å². The van der Waals surface area contributed by atoms with Crippen LogP contribution in [0.1, 0.15) is 11.1 Å². The topological polar surface area (TPSA) is 69.4 Å². The minimum absolute atomic E-state index is 0.0688. The van der Waals surface area contributed by atoms with Gasteiger partial charge in [-0.3, -0.25) is 0 Å². The summed E-state index contributed by atoms with van der Waals surface area (Å²) in [5.74, 6) is 0.475. The zero-order valence-electron chi connectivity index (χ0n) is 9.16. The molecular weight excluding hydrogens is 294 g/mol. The normalized spacial score (nSPS) is 11.5. The number of hydrogen-bond acceptors (Lipinski definition) is 3. The first-order valence-electron chi connectivity index (χ1n) is 4.69. The second kappa shape index (κ2) is 5.16. The Bertz CT molecular complexity index is 462. The third-order valence-corrected chi connectivity index (χ3v) is 4.03. The molecule has 0 fully saturated rings. The van der Waals surface area contributed by atoms with Crippen LogP contribution in [0.25, 0.3) is 0 Å². The SMILES string of the molecule is Cc1cc(OCCS(N)(=O)=O)cc(C)c1Br. The molecule has 0 aromatic heterocycles. The van der Waals surface area contributed by atoms with Gasteiger partial charge in [0.1, 0.15) is 12.4 Å². The zero-order valence-corrected chi connectivity index (χ0v) is 11.6. The van der Waals surface area contributed by atoms with Crippen LogP contribution in [-0.4, -0.2) is 20.8 Å². The summed E-state index contributed by atoms with van der Waals surface area (Å²) in [6, 6.07) is 3.69. The number of aryl methyl sites for hydroxylation is 2. The molecule has 0 aliphatic heterocycles. The fourth-order valence-electron chi connectivity index (χ4n) is 1.27. The van der Waals surface area contributed by atoms with Crippen LogP contribution in [0, 0.1) is 13.8 Å². The molecule has 0 aliphatic carbocycles. The van der Waals surface area contributed by atoms with Crippen LogP contribution in [0.4, 0.5) is 0 Å². The molecule has 1 aromatic carbocycles. The Morgan fingerprint density at radius 3 is 2.25 bits per heavy atom. The van der Waals surface area contributed by atoms with Crippen LogP contribution in [0.2, 0.25) is 0 Å². The number of sulfonamides is 1. The largest absolute Gasteiger partial charge is 0.492 e. The van der Waals surface area contributed by atoms with E-state index in [-0.39, 0.29) is 12.4 Å². The molecule has 1 rings (SSSR count). The number of nitrogens with two attached hydrogens (primary N) is 1. The highest BCUT2D eigenvalue weighted by Crippen LogP contribution is 2.26. The molecule has 2 N–H and O–H groups in total. The Balaban J connectivity index is 2.69. The van der Waals surface area contributed by atoms with Crippen LogP contribution in [-0.2, 0) is 10.0 Å². The lowest BCUT2D eigenvalue weighted by Crippen LogP contribution is -2.21. The number of benzene rings is 1. The Morgan fingerprint density at radius 2 is 1.81 bits per heavy atom. The van der Waals surface area contributed by atoms with E-state index in [4.69, 9.17) is 9.88 Å². The van der Waals surface area contributed by atoms with Gasteiger partial charge in [0.15, 0.2) is 0 Å². The summed E-state index contributed by atoms with van der Waals surface area (Å²) in [6.45, 7) is 3.96. The Hall–Kier alpha value is -0.590. The monoisotopic (exact) mass is 307 g/mol. The quantitative estimate of drug-likeness (QED) is 0.921. The van der Waals surface area contributed by atoms with Gasteiger partial charge in [-0.1, -0.05) is 15.9 Å². The van der Waals surface area contributed by atoms with Gasteiger partial charge in [0.05, 0.1) is 5.75 Å². The molecule has 0 heterocycles. The number of ether oxygens (including phenoxy) is 1. The maximum atomic E-state index is 10.7. The number of primary sulfonamides is 1. The van der Waals surface area contributed by atoms with Crippen LogP contribution in [0.15, 0.2) is 16.6 Å². The van der Waals surface area contributed by atoms with E-state index in [1.54, 1.807) is 0 Å². The minimum Gasteiger partial charge on any atom is -0.492 e. The predicted octanol–water partition coefficient (Wildman–Crippen LogP) is 1.73. The summed E-state index contributed by atoms with van der Waals surface area (Å²) >= 11 is 3.44. The van der Waals surface area contributed by atoms with Crippen molar-refractivity contribution in [2.24, 2.45) is 5.14 Å². The fourth-order valence-corrected chi connectivity index (χ4v) is 1.81. The highest BCUT2D eigenvalue weighted by molar-refractivity contribution is 9.10. The van der Waals surface area contributed by atoms with Crippen molar-refractivity contribution in [1.82, 2.24) is 0 Å². The first-order chi connectivity index (χ1) is 7.29. The van der Waals surface area contributed by atoms with Crippen LogP contribution in [0.5, 0.6) is 5.75 Å². The summed E-state index contributed by atoms with van der Waals surface area (Å²) in [5.41, 5.74) is 2.09. The summed E-state index contributed by atoms with van der Waals surface area (Å²) in [7, 11) is -3.46. The van der Waals surface area contributed by atoms with Crippen molar-refractivity contribution < 1.29 is 13.2 Å². The van der Waals surface area contributed by atoms with Crippen molar-refractivity contribution in [3.63, 3.8) is 0 Å². The maximum absolute atomic E-state index is 10.7. The maximum Gasteiger partial charge on any atom is 0.212 e. The lowest BCUT2D eigenvalue weighted by molar-refractivity contribution is 0.340. The number of halogens is 1. The molecule has 0 amide bonds. The zero-order chi connectivity index (χ0) is 12.3. The molecule has 0 atom stereocenters. The molecule has 90 valence electrons. The Labute approximate surface area is 104 Å². The molecule has 0 radical (unpaired) electrons. The third-order valence-electron chi connectivity index (χ3n) is 2.05. The number of hydrogen-bond donors (Lipinski definition) is 1. The average molecular weight is 308 g/mol. The van der Waals surface area contributed by atoms with Gasteiger partial charge < -0.3 is 4.74 Å². The molecule has 16 heavy (non-hydrogen) atoms. The molecule has 0 spiro atoms. The van der Waals surface area contributed by atoms with Crippen molar-refractivity contribution in [1.29, 1.82) is 0 Å². The van der Waals surface area contributed by atoms with Gasteiger partial charge in [0.25, 0.3) is 0 Å². The summed E-state index contributed by atoms with van der Waals surface area (Å²) < 4.78 is 27.8. The minimum atomic E-state index is -3.46. The van der Waals surface area contributed by atoms with Gasteiger partial charge in [-0.25, -0.2) is 13.6 Å². The molecule has 4 nitrogen and oxygen atoms in total. The second-order valence-corrected chi connectivity index (χ2v) is 6.11. The van der Waals surface area contributed by atoms with Gasteiger partial charge in [-0.15, -0.1) is 0 Å². The standard InChI is InChI=1S/C10H14BrNO3S/c1-7-5-9(6-8(2)10(7)11)15-3-4-16(12,13)14/h5-6H,3-4H2,1-2H3,(H2,12,13,14). The van der Waals surface area contributed by atoms with Crippen molar-refractivity contribution in [2.45, 2.75) is 13.8 Å². The molecule has 0 unspecified atom stereocenters. The first kappa shape index (κ1) is 13.5. The molecular formula is C10H14BrNO3S. The van der Waals surface area contributed by atoms with Crippen LogP contribution >= 0.6 is 15.9 Å². The van der Waals surface area contributed by atoms with E-state index in [0.29, 0.717) is 5.75 Å². The van der Waals surface area contributed by atoms with Crippen molar-refractivity contribution in [2.75, 3.05) is 12.4 Å². The van der Waals surface area contributed by atoms with Crippen molar-refractivity contribution in [3.05, 3.63) is 27.7 Å². The summed E-state index contributed by atoms with van der Waals surface area (Å²) in [5, 5.41) is 4.87.